The molecule has 2 amide bonds. The number of benzene rings is 4. The summed E-state index contributed by atoms with van der Waals surface area (Å²) in [6.45, 7) is 1.92. The van der Waals surface area contributed by atoms with Crippen molar-refractivity contribution in [3.8, 4) is 0 Å². The van der Waals surface area contributed by atoms with Gasteiger partial charge in [0.15, 0.2) is 0 Å². The van der Waals surface area contributed by atoms with E-state index in [0.717, 1.165) is 21.9 Å². The second kappa shape index (κ2) is 9.92. The number of aryl methyl sites for hydroxylation is 1. The predicted molar refractivity (Wildman–Crippen MR) is 137 cm³/mol. The zero-order valence-corrected chi connectivity index (χ0v) is 19.7. The second-order valence-corrected chi connectivity index (χ2v) is 9.53. The number of hydrogen-bond donors (Lipinski definition) is 3. The van der Waals surface area contributed by atoms with E-state index < -0.39 is 21.8 Å². The lowest BCUT2D eigenvalue weighted by atomic mass is 10.0. The third-order valence-electron chi connectivity index (χ3n) is 5.37. The maximum atomic E-state index is 13.2. The summed E-state index contributed by atoms with van der Waals surface area (Å²) in [7, 11) is -3.86. The predicted octanol–water partition coefficient (Wildman–Crippen LogP) is 4.21. The number of nitrogens with two attached hydrogens (primary N) is 1. The summed E-state index contributed by atoms with van der Waals surface area (Å²) in [6.07, 6.45) is 1.61. The fourth-order valence-electron chi connectivity index (χ4n) is 3.52. The van der Waals surface area contributed by atoms with E-state index in [2.05, 4.69) is 10.6 Å². The van der Waals surface area contributed by atoms with E-state index in [4.69, 9.17) is 5.14 Å². The minimum atomic E-state index is -3.86. The van der Waals surface area contributed by atoms with E-state index >= 15 is 0 Å². The van der Waals surface area contributed by atoms with Gasteiger partial charge in [-0.25, -0.2) is 13.6 Å². The van der Waals surface area contributed by atoms with Gasteiger partial charge in [0.25, 0.3) is 11.8 Å². The van der Waals surface area contributed by atoms with E-state index in [0.29, 0.717) is 11.3 Å². The molecule has 176 valence electrons. The zero-order valence-electron chi connectivity index (χ0n) is 18.9. The fraction of sp³-hybridized carbons (Fsp3) is 0.0370. The van der Waals surface area contributed by atoms with Crippen molar-refractivity contribution in [2.24, 2.45) is 5.14 Å². The molecule has 0 fully saturated rings. The van der Waals surface area contributed by atoms with Gasteiger partial charge in [-0.2, -0.15) is 0 Å². The Labute approximate surface area is 203 Å². The van der Waals surface area contributed by atoms with Crippen LogP contribution in [0.15, 0.2) is 102 Å². The summed E-state index contributed by atoms with van der Waals surface area (Å²) < 4.78 is 23.0. The number of anilines is 1. The van der Waals surface area contributed by atoms with Crippen LogP contribution in [0, 0.1) is 6.92 Å². The van der Waals surface area contributed by atoms with Crippen LogP contribution in [0.25, 0.3) is 16.8 Å². The van der Waals surface area contributed by atoms with Crippen LogP contribution in [0.1, 0.15) is 21.5 Å². The molecule has 0 spiro atoms. The Balaban J connectivity index is 1.69. The molecule has 0 heterocycles. The van der Waals surface area contributed by atoms with Gasteiger partial charge in [0.05, 0.1) is 4.90 Å². The van der Waals surface area contributed by atoms with Crippen molar-refractivity contribution in [3.05, 3.63) is 113 Å². The molecule has 0 unspecified atom stereocenters. The topological polar surface area (TPSA) is 118 Å². The Kier molecular flexibility index (Phi) is 6.77. The first kappa shape index (κ1) is 23.9. The van der Waals surface area contributed by atoms with Crippen LogP contribution >= 0.6 is 0 Å². The van der Waals surface area contributed by atoms with Gasteiger partial charge < -0.3 is 10.6 Å². The largest absolute Gasteiger partial charge is 0.321 e. The molecule has 0 bridgehead atoms. The van der Waals surface area contributed by atoms with Crippen molar-refractivity contribution in [1.82, 2.24) is 5.32 Å². The molecule has 8 heteroatoms. The molecule has 4 aromatic rings. The molecule has 0 aliphatic carbocycles. The average molecular weight is 486 g/mol. The van der Waals surface area contributed by atoms with Crippen molar-refractivity contribution >= 4 is 44.4 Å². The highest BCUT2D eigenvalue weighted by molar-refractivity contribution is 7.89. The highest BCUT2D eigenvalue weighted by Crippen LogP contribution is 2.21. The molecule has 35 heavy (non-hydrogen) atoms. The third-order valence-corrected chi connectivity index (χ3v) is 6.30. The molecule has 0 atom stereocenters. The minimum absolute atomic E-state index is 0.0300. The quantitative estimate of drug-likeness (QED) is 0.355. The van der Waals surface area contributed by atoms with Crippen molar-refractivity contribution in [3.63, 3.8) is 0 Å². The summed E-state index contributed by atoms with van der Waals surface area (Å²) in [5.74, 6) is -1.00. The van der Waals surface area contributed by atoms with E-state index in [1.165, 1.54) is 24.3 Å². The number of amides is 2. The molecule has 4 aromatic carbocycles. The first-order valence-electron chi connectivity index (χ1n) is 10.7. The maximum absolute atomic E-state index is 13.2. The van der Waals surface area contributed by atoms with E-state index in [1.807, 2.05) is 61.5 Å². The molecule has 0 aliphatic heterocycles. The van der Waals surface area contributed by atoms with Crippen LogP contribution in [0.5, 0.6) is 0 Å². The van der Waals surface area contributed by atoms with E-state index in [1.54, 1.807) is 18.2 Å². The number of fused-ring (bicyclic) bond motifs is 1. The normalized spacial score (nSPS) is 11.8. The van der Waals surface area contributed by atoms with Crippen molar-refractivity contribution in [2.45, 2.75) is 11.8 Å². The molecule has 0 aliphatic rings. The van der Waals surface area contributed by atoms with Crippen LogP contribution in [0.3, 0.4) is 0 Å². The lowest BCUT2D eigenvalue weighted by molar-refractivity contribution is -0.113. The zero-order chi connectivity index (χ0) is 25.0. The smallest absolute Gasteiger partial charge is 0.272 e. The number of rotatable bonds is 6. The number of nitrogens with one attached hydrogen (secondary N) is 2. The Morgan fingerprint density at radius 3 is 2.17 bits per heavy atom. The van der Waals surface area contributed by atoms with Crippen LogP contribution in [0.2, 0.25) is 0 Å². The van der Waals surface area contributed by atoms with Crippen LogP contribution < -0.4 is 15.8 Å². The van der Waals surface area contributed by atoms with Crippen molar-refractivity contribution < 1.29 is 18.0 Å². The second-order valence-electron chi connectivity index (χ2n) is 7.97. The number of sulfonamides is 1. The molecule has 0 saturated heterocycles. The Hall–Kier alpha value is -4.27. The minimum Gasteiger partial charge on any atom is -0.321 e. The summed E-state index contributed by atoms with van der Waals surface area (Å²) in [5, 5.41) is 12.5. The Morgan fingerprint density at radius 1 is 0.829 bits per heavy atom. The lowest BCUT2D eigenvalue weighted by Crippen LogP contribution is -2.30. The van der Waals surface area contributed by atoms with Gasteiger partial charge in [-0.15, -0.1) is 0 Å². The van der Waals surface area contributed by atoms with Gasteiger partial charge in [-0.3, -0.25) is 9.59 Å². The molecule has 4 rings (SSSR count). The SMILES string of the molecule is Cc1ccc(C(=O)NC(=Cc2cccc3ccccc23)C(=O)Nc2ccc(S(N)(=O)=O)cc2)cc1. The first-order chi connectivity index (χ1) is 16.7. The highest BCUT2D eigenvalue weighted by Gasteiger charge is 2.16. The number of primary sulfonamides is 1. The monoisotopic (exact) mass is 485 g/mol. The Bertz CT molecular complexity index is 1540. The van der Waals surface area contributed by atoms with Gasteiger partial charge in [0, 0.05) is 11.3 Å². The molecule has 0 radical (unpaired) electrons. The Morgan fingerprint density at radius 2 is 1.49 bits per heavy atom. The van der Waals surface area contributed by atoms with Gasteiger partial charge in [-0.1, -0.05) is 60.2 Å². The lowest BCUT2D eigenvalue weighted by Gasteiger charge is -2.12. The maximum Gasteiger partial charge on any atom is 0.272 e. The third kappa shape index (κ3) is 5.81. The number of carbonyl (C=O) groups excluding carboxylic acids is 2. The number of hydrogen-bond acceptors (Lipinski definition) is 4. The van der Waals surface area contributed by atoms with E-state index in [9.17, 15) is 18.0 Å². The summed E-state index contributed by atoms with van der Waals surface area (Å²) in [5.41, 5.74) is 2.54. The first-order valence-corrected chi connectivity index (χ1v) is 12.3. The molecule has 4 N–H and O–H groups in total. The van der Waals surface area contributed by atoms with Crippen LogP contribution in [-0.4, -0.2) is 20.2 Å². The van der Waals surface area contributed by atoms with Crippen molar-refractivity contribution in [1.29, 1.82) is 0 Å². The summed E-state index contributed by atoms with van der Waals surface area (Å²) in [4.78, 5) is 26.1. The van der Waals surface area contributed by atoms with Crippen LogP contribution in [0.4, 0.5) is 5.69 Å². The highest BCUT2D eigenvalue weighted by atomic mass is 32.2. The molecular weight excluding hydrogens is 462 g/mol. The van der Waals surface area contributed by atoms with Gasteiger partial charge >= 0.3 is 0 Å². The molecule has 7 nitrogen and oxygen atoms in total. The summed E-state index contributed by atoms with van der Waals surface area (Å²) >= 11 is 0. The van der Waals surface area contributed by atoms with Gasteiger partial charge in [0.2, 0.25) is 10.0 Å². The average Bonchev–Trinajstić information content (AvgIpc) is 2.84. The van der Waals surface area contributed by atoms with Crippen LogP contribution in [-0.2, 0) is 14.8 Å². The standard InChI is InChI=1S/C27H23N3O4S/c1-18-9-11-20(12-10-18)26(31)30-25(17-21-7-4-6-19-5-2-3-8-24(19)21)27(32)29-22-13-15-23(16-14-22)35(28,33)34/h2-17H,1H3,(H,29,32)(H,30,31)(H2,28,33,34). The molecular formula is C27H23N3O4S. The van der Waals surface area contributed by atoms with Crippen molar-refractivity contribution in [2.75, 3.05) is 5.32 Å². The fourth-order valence-corrected chi connectivity index (χ4v) is 4.03. The summed E-state index contributed by atoms with van der Waals surface area (Å²) in [6, 6.07) is 25.9. The molecule has 0 saturated carbocycles. The number of carbonyl (C=O) groups is 2. The molecule has 0 aromatic heterocycles. The van der Waals surface area contributed by atoms with E-state index in [-0.39, 0.29) is 10.6 Å². The van der Waals surface area contributed by atoms with Gasteiger partial charge in [0.1, 0.15) is 5.70 Å². The van der Waals surface area contributed by atoms with Gasteiger partial charge in [-0.05, 0) is 65.7 Å².